The zero-order valence-corrected chi connectivity index (χ0v) is 16.4. The maximum Gasteiger partial charge on any atom is 0.267 e. The monoisotopic (exact) mass is 379 g/mol. The summed E-state index contributed by atoms with van der Waals surface area (Å²) in [5, 5.41) is 2.84. The fraction of sp³-hybridized carbons (Fsp3) is 0.273. The van der Waals surface area contributed by atoms with E-state index in [1.165, 1.54) is 6.08 Å². The molecular formula is C22H25N3O3. The third-order valence-corrected chi connectivity index (χ3v) is 4.43. The molecule has 1 heterocycles. The summed E-state index contributed by atoms with van der Waals surface area (Å²) in [6.45, 7) is 3.03. The normalized spacial score (nSPS) is 16.2. The zero-order chi connectivity index (χ0) is 20.1. The molecule has 6 heteroatoms. The van der Waals surface area contributed by atoms with E-state index in [0.29, 0.717) is 23.7 Å². The van der Waals surface area contributed by atoms with Gasteiger partial charge in [0.2, 0.25) is 5.91 Å². The van der Waals surface area contributed by atoms with Crippen molar-refractivity contribution in [2.24, 2.45) is 0 Å². The van der Waals surface area contributed by atoms with Crippen molar-refractivity contribution in [3.8, 4) is 5.75 Å². The number of nitrogens with one attached hydrogen (secondary N) is 1. The number of hydrogen-bond acceptors (Lipinski definition) is 4. The molecule has 0 saturated carbocycles. The number of benzene rings is 2. The Hall–Kier alpha value is -3.12. The van der Waals surface area contributed by atoms with E-state index in [2.05, 4.69) is 5.32 Å². The molecule has 0 spiro atoms. The maximum absolute atomic E-state index is 12.6. The van der Waals surface area contributed by atoms with Crippen molar-refractivity contribution in [1.29, 1.82) is 0 Å². The molecule has 0 bridgehead atoms. The number of amides is 2. The van der Waals surface area contributed by atoms with E-state index in [9.17, 15) is 9.59 Å². The minimum Gasteiger partial charge on any atom is -0.479 e. The standard InChI is InChI=1S/C22H25N3O3/c1-16-22(27)25(14-13-24(2)3)19-15-18(10-11-20(19)28-16)23-21(26)12-9-17-7-5-4-6-8-17/h4-12,15-16H,13-14H2,1-3H3,(H,23,26)/b12-9+. The number of carbonyl (C=O) groups excluding carboxylic acids is 2. The summed E-state index contributed by atoms with van der Waals surface area (Å²) in [4.78, 5) is 28.6. The topological polar surface area (TPSA) is 61.9 Å². The van der Waals surface area contributed by atoms with E-state index in [1.807, 2.05) is 49.3 Å². The molecule has 3 rings (SSSR count). The number of fused-ring (bicyclic) bond motifs is 1. The van der Waals surface area contributed by atoms with Crippen molar-refractivity contribution in [2.45, 2.75) is 13.0 Å². The molecule has 146 valence electrons. The molecule has 0 aromatic heterocycles. The van der Waals surface area contributed by atoms with Gasteiger partial charge in [-0.05, 0) is 50.9 Å². The maximum atomic E-state index is 12.6. The minimum atomic E-state index is -0.524. The smallest absolute Gasteiger partial charge is 0.267 e. The van der Waals surface area contributed by atoms with Gasteiger partial charge in [0.25, 0.3) is 5.91 Å². The van der Waals surface area contributed by atoms with Gasteiger partial charge in [0.1, 0.15) is 5.75 Å². The summed E-state index contributed by atoms with van der Waals surface area (Å²) >= 11 is 0. The SMILES string of the molecule is CC1Oc2ccc(NC(=O)/C=C/c3ccccc3)cc2N(CCN(C)C)C1=O. The van der Waals surface area contributed by atoms with Crippen LogP contribution in [0.2, 0.25) is 0 Å². The Morgan fingerprint density at radius 2 is 1.96 bits per heavy atom. The molecule has 2 amide bonds. The van der Waals surface area contributed by atoms with E-state index in [0.717, 1.165) is 12.1 Å². The zero-order valence-electron chi connectivity index (χ0n) is 16.4. The highest BCUT2D eigenvalue weighted by molar-refractivity contribution is 6.04. The summed E-state index contributed by atoms with van der Waals surface area (Å²) in [7, 11) is 3.93. The number of carbonyl (C=O) groups is 2. The molecule has 1 aliphatic heterocycles. The number of likely N-dealkylation sites (N-methyl/N-ethyl adjacent to an activating group) is 1. The molecule has 28 heavy (non-hydrogen) atoms. The van der Waals surface area contributed by atoms with E-state index in [1.54, 1.807) is 36.1 Å². The molecule has 6 nitrogen and oxygen atoms in total. The lowest BCUT2D eigenvalue weighted by Crippen LogP contribution is -2.46. The first-order valence-electron chi connectivity index (χ1n) is 9.25. The Balaban J connectivity index is 1.76. The summed E-state index contributed by atoms with van der Waals surface area (Å²) in [5.74, 6) is 0.325. The highest BCUT2D eigenvalue weighted by atomic mass is 16.5. The molecule has 1 atom stereocenters. The average molecular weight is 379 g/mol. The average Bonchev–Trinajstić information content (AvgIpc) is 2.68. The quantitative estimate of drug-likeness (QED) is 0.784. The van der Waals surface area contributed by atoms with Crippen LogP contribution in [0.1, 0.15) is 12.5 Å². The molecule has 1 N–H and O–H groups in total. The van der Waals surface area contributed by atoms with Crippen molar-refractivity contribution >= 4 is 29.3 Å². The third kappa shape index (κ3) is 4.78. The van der Waals surface area contributed by atoms with Crippen molar-refractivity contribution in [3.05, 3.63) is 60.2 Å². The third-order valence-electron chi connectivity index (χ3n) is 4.43. The van der Waals surface area contributed by atoms with Crippen molar-refractivity contribution in [3.63, 3.8) is 0 Å². The lowest BCUT2D eigenvalue weighted by Gasteiger charge is -2.34. The van der Waals surface area contributed by atoms with Crippen LogP contribution in [0.25, 0.3) is 6.08 Å². The molecule has 0 radical (unpaired) electrons. The van der Waals surface area contributed by atoms with Crippen molar-refractivity contribution in [1.82, 2.24) is 4.90 Å². The van der Waals surface area contributed by atoms with Crippen LogP contribution in [0.5, 0.6) is 5.75 Å². The molecule has 2 aromatic carbocycles. The van der Waals surface area contributed by atoms with Gasteiger partial charge in [0.05, 0.1) is 5.69 Å². The van der Waals surface area contributed by atoms with Gasteiger partial charge in [-0.3, -0.25) is 9.59 Å². The van der Waals surface area contributed by atoms with Gasteiger partial charge in [-0.25, -0.2) is 0 Å². The number of ether oxygens (including phenoxy) is 1. The second-order valence-corrected chi connectivity index (χ2v) is 6.97. The molecular weight excluding hydrogens is 354 g/mol. The van der Waals surface area contributed by atoms with Gasteiger partial charge in [-0.1, -0.05) is 30.3 Å². The second-order valence-electron chi connectivity index (χ2n) is 6.97. The Kier molecular flexibility index (Phi) is 6.11. The van der Waals surface area contributed by atoms with Gasteiger partial charge >= 0.3 is 0 Å². The lowest BCUT2D eigenvalue weighted by molar-refractivity contribution is -0.125. The minimum absolute atomic E-state index is 0.0817. The Bertz CT molecular complexity index is 878. The molecule has 2 aromatic rings. The largest absolute Gasteiger partial charge is 0.479 e. The van der Waals surface area contributed by atoms with E-state index < -0.39 is 6.10 Å². The Morgan fingerprint density at radius 1 is 1.21 bits per heavy atom. The van der Waals surface area contributed by atoms with Gasteiger partial charge in [0.15, 0.2) is 6.10 Å². The summed E-state index contributed by atoms with van der Waals surface area (Å²) < 4.78 is 5.71. The summed E-state index contributed by atoms with van der Waals surface area (Å²) in [6.07, 6.45) is 2.72. The highest BCUT2D eigenvalue weighted by Gasteiger charge is 2.31. The predicted octanol–water partition coefficient (Wildman–Crippen LogP) is 3.01. The van der Waals surface area contributed by atoms with E-state index in [4.69, 9.17) is 4.74 Å². The van der Waals surface area contributed by atoms with Gasteiger partial charge < -0.3 is 19.9 Å². The van der Waals surface area contributed by atoms with Crippen LogP contribution in [-0.2, 0) is 9.59 Å². The first-order valence-corrected chi connectivity index (χ1v) is 9.25. The molecule has 0 fully saturated rings. The molecule has 1 unspecified atom stereocenters. The predicted molar refractivity (Wildman–Crippen MR) is 112 cm³/mol. The fourth-order valence-electron chi connectivity index (χ4n) is 2.94. The van der Waals surface area contributed by atoms with Gasteiger partial charge in [-0.2, -0.15) is 0 Å². The number of nitrogens with zero attached hydrogens (tertiary/aromatic N) is 2. The molecule has 0 aliphatic carbocycles. The number of hydrogen-bond donors (Lipinski definition) is 1. The van der Waals surface area contributed by atoms with Crippen LogP contribution >= 0.6 is 0 Å². The summed E-state index contributed by atoms with van der Waals surface area (Å²) in [6, 6.07) is 15.0. The van der Waals surface area contributed by atoms with Crippen LogP contribution < -0.4 is 15.0 Å². The van der Waals surface area contributed by atoms with Crippen molar-refractivity contribution in [2.75, 3.05) is 37.4 Å². The van der Waals surface area contributed by atoms with Gasteiger partial charge in [-0.15, -0.1) is 0 Å². The highest BCUT2D eigenvalue weighted by Crippen LogP contribution is 2.36. The van der Waals surface area contributed by atoms with Crippen LogP contribution in [0.4, 0.5) is 11.4 Å². The van der Waals surface area contributed by atoms with Crippen LogP contribution in [0.15, 0.2) is 54.6 Å². The van der Waals surface area contributed by atoms with E-state index in [-0.39, 0.29) is 11.8 Å². The number of rotatable bonds is 6. The first kappa shape index (κ1) is 19.6. The second kappa shape index (κ2) is 8.71. The Morgan fingerprint density at radius 3 is 2.68 bits per heavy atom. The lowest BCUT2D eigenvalue weighted by atomic mass is 10.1. The number of anilines is 2. The van der Waals surface area contributed by atoms with Crippen molar-refractivity contribution < 1.29 is 14.3 Å². The summed E-state index contributed by atoms with van der Waals surface area (Å²) in [5.41, 5.74) is 2.24. The first-order chi connectivity index (χ1) is 13.4. The van der Waals surface area contributed by atoms with Crippen LogP contribution in [0.3, 0.4) is 0 Å². The van der Waals surface area contributed by atoms with E-state index >= 15 is 0 Å². The molecule has 0 saturated heterocycles. The fourth-order valence-corrected chi connectivity index (χ4v) is 2.94. The van der Waals surface area contributed by atoms with Crippen LogP contribution in [0, 0.1) is 0 Å². The van der Waals surface area contributed by atoms with Crippen LogP contribution in [-0.4, -0.2) is 50.0 Å². The Labute approximate surface area is 165 Å². The molecule has 1 aliphatic rings. The van der Waals surface area contributed by atoms with Gasteiger partial charge in [0, 0.05) is 24.9 Å².